The van der Waals surface area contributed by atoms with Crippen LogP contribution in [0.4, 0.5) is 0 Å². The number of methoxy groups -OCH3 is 2. The molecule has 0 saturated heterocycles. The molecular weight excluding hydrogens is 356 g/mol. The average molecular weight is 378 g/mol. The van der Waals surface area contributed by atoms with E-state index in [9.17, 15) is 19.2 Å². The van der Waals surface area contributed by atoms with Crippen LogP contribution in [0.5, 0.6) is 5.75 Å². The molecule has 1 saturated carbocycles. The lowest BCUT2D eigenvalue weighted by atomic mass is 10.1. The number of nitrogens with one attached hydrogen (secondary N) is 1. The van der Waals surface area contributed by atoms with Gasteiger partial charge < -0.3 is 24.4 Å². The SMILES string of the molecule is COC(=O)c1cc(OCC(=O)N(C)CC(=O)NC2CC2)cc(C(=O)OC)c1. The highest BCUT2D eigenvalue weighted by atomic mass is 16.5. The summed E-state index contributed by atoms with van der Waals surface area (Å²) in [6.07, 6.45) is 1.93. The lowest BCUT2D eigenvalue weighted by Gasteiger charge is -2.17. The summed E-state index contributed by atoms with van der Waals surface area (Å²) in [5.41, 5.74) is 0.167. The van der Waals surface area contributed by atoms with Gasteiger partial charge >= 0.3 is 11.9 Å². The van der Waals surface area contributed by atoms with Crippen molar-refractivity contribution in [2.75, 3.05) is 34.4 Å². The molecule has 2 rings (SSSR count). The van der Waals surface area contributed by atoms with Gasteiger partial charge in [0.1, 0.15) is 5.75 Å². The lowest BCUT2D eigenvalue weighted by Crippen LogP contribution is -2.40. The lowest BCUT2D eigenvalue weighted by molar-refractivity contribution is -0.136. The monoisotopic (exact) mass is 378 g/mol. The van der Waals surface area contributed by atoms with Gasteiger partial charge in [0.15, 0.2) is 6.61 Å². The minimum absolute atomic E-state index is 0.0751. The third-order valence-electron chi connectivity index (χ3n) is 3.86. The van der Waals surface area contributed by atoms with Crippen molar-refractivity contribution in [1.29, 1.82) is 0 Å². The second-order valence-corrected chi connectivity index (χ2v) is 6.11. The molecule has 146 valence electrons. The van der Waals surface area contributed by atoms with Crippen molar-refractivity contribution in [2.45, 2.75) is 18.9 Å². The Balaban J connectivity index is 2.00. The van der Waals surface area contributed by atoms with Gasteiger partial charge in [0.05, 0.1) is 31.9 Å². The van der Waals surface area contributed by atoms with Crippen LogP contribution in [0.3, 0.4) is 0 Å². The van der Waals surface area contributed by atoms with Crippen LogP contribution in [-0.4, -0.2) is 69.1 Å². The number of nitrogens with zero attached hydrogens (tertiary/aromatic N) is 1. The van der Waals surface area contributed by atoms with Gasteiger partial charge in [-0.25, -0.2) is 9.59 Å². The summed E-state index contributed by atoms with van der Waals surface area (Å²) in [5, 5.41) is 2.79. The van der Waals surface area contributed by atoms with E-state index in [1.165, 1.54) is 44.4 Å². The molecule has 1 N–H and O–H groups in total. The standard InChI is InChI=1S/C18H22N2O7/c1-20(9-15(21)19-13-4-5-13)16(22)10-27-14-7-11(17(23)25-2)6-12(8-14)18(24)26-3/h6-8,13H,4-5,9-10H2,1-3H3,(H,19,21). The summed E-state index contributed by atoms with van der Waals surface area (Å²) < 4.78 is 14.7. The first kappa shape index (κ1) is 20.2. The van der Waals surface area contributed by atoms with E-state index in [0.29, 0.717) is 0 Å². The van der Waals surface area contributed by atoms with Crippen molar-refractivity contribution < 1.29 is 33.4 Å². The van der Waals surface area contributed by atoms with Crippen molar-refractivity contribution in [1.82, 2.24) is 10.2 Å². The predicted molar refractivity (Wildman–Crippen MR) is 93.4 cm³/mol. The smallest absolute Gasteiger partial charge is 0.338 e. The number of rotatable bonds is 8. The van der Waals surface area contributed by atoms with Gasteiger partial charge in [-0.1, -0.05) is 0 Å². The Morgan fingerprint density at radius 3 is 2.07 bits per heavy atom. The third-order valence-corrected chi connectivity index (χ3v) is 3.86. The molecule has 1 aliphatic rings. The van der Waals surface area contributed by atoms with Gasteiger partial charge in [-0.05, 0) is 31.0 Å². The number of likely N-dealkylation sites (N-methyl/N-ethyl adjacent to an activating group) is 1. The molecule has 27 heavy (non-hydrogen) atoms. The Bertz CT molecular complexity index is 709. The molecule has 0 aliphatic heterocycles. The van der Waals surface area contributed by atoms with Gasteiger partial charge in [0.2, 0.25) is 5.91 Å². The second-order valence-electron chi connectivity index (χ2n) is 6.11. The Hall–Kier alpha value is -3.10. The normalized spacial score (nSPS) is 12.7. The zero-order valence-electron chi connectivity index (χ0n) is 15.4. The number of carbonyl (C=O) groups is 4. The van der Waals surface area contributed by atoms with Crippen molar-refractivity contribution in [2.24, 2.45) is 0 Å². The van der Waals surface area contributed by atoms with Crippen LogP contribution in [-0.2, 0) is 19.1 Å². The first-order chi connectivity index (χ1) is 12.8. The Morgan fingerprint density at radius 2 is 1.59 bits per heavy atom. The van der Waals surface area contributed by atoms with E-state index in [0.717, 1.165) is 12.8 Å². The molecule has 2 amide bonds. The summed E-state index contributed by atoms with van der Waals surface area (Å²) >= 11 is 0. The fourth-order valence-corrected chi connectivity index (χ4v) is 2.21. The minimum Gasteiger partial charge on any atom is -0.484 e. The van der Waals surface area contributed by atoms with Crippen LogP contribution in [0.15, 0.2) is 18.2 Å². The summed E-state index contributed by atoms with van der Waals surface area (Å²) in [7, 11) is 3.90. The largest absolute Gasteiger partial charge is 0.484 e. The highest BCUT2D eigenvalue weighted by molar-refractivity contribution is 5.96. The number of ether oxygens (including phenoxy) is 3. The van der Waals surface area contributed by atoms with Crippen LogP contribution >= 0.6 is 0 Å². The number of hydrogen-bond donors (Lipinski definition) is 1. The van der Waals surface area contributed by atoms with E-state index in [-0.39, 0.29) is 42.0 Å². The van der Waals surface area contributed by atoms with Crippen LogP contribution < -0.4 is 10.1 Å². The van der Waals surface area contributed by atoms with Crippen LogP contribution in [0.1, 0.15) is 33.6 Å². The summed E-state index contributed by atoms with van der Waals surface area (Å²) in [4.78, 5) is 48.6. The van der Waals surface area contributed by atoms with Crippen molar-refractivity contribution in [3.05, 3.63) is 29.3 Å². The Labute approximate surface area is 156 Å². The van der Waals surface area contributed by atoms with Gasteiger partial charge in [-0.15, -0.1) is 0 Å². The fraction of sp³-hybridized carbons (Fsp3) is 0.444. The highest BCUT2D eigenvalue weighted by Crippen LogP contribution is 2.20. The molecule has 1 aliphatic carbocycles. The predicted octanol–water partition coefficient (Wildman–Crippen LogP) is 0.376. The fourth-order valence-electron chi connectivity index (χ4n) is 2.21. The number of carbonyl (C=O) groups excluding carboxylic acids is 4. The Morgan fingerprint density at radius 1 is 1.04 bits per heavy atom. The maximum atomic E-state index is 12.1. The van der Waals surface area contributed by atoms with Crippen molar-refractivity contribution >= 4 is 23.8 Å². The van der Waals surface area contributed by atoms with E-state index in [4.69, 9.17) is 4.74 Å². The third kappa shape index (κ3) is 5.98. The molecule has 0 aromatic heterocycles. The number of esters is 2. The topological polar surface area (TPSA) is 111 Å². The highest BCUT2D eigenvalue weighted by Gasteiger charge is 2.24. The van der Waals surface area contributed by atoms with Gasteiger partial charge in [-0.2, -0.15) is 0 Å². The summed E-state index contributed by atoms with van der Waals surface area (Å²) in [6.45, 7) is -0.438. The van der Waals surface area contributed by atoms with E-state index < -0.39 is 17.8 Å². The molecule has 0 spiro atoms. The Kier molecular flexibility index (Phi) is 6.75. The zero-order chi connectivity index (χ0) is 20.0. The molecule has 9 heteroatoms. The van der Waals surface area contributed by atoms with Gasteiger partial charge in [-0.3, -0.25) is 9.59 Å². The second kappa shape index (κ2) is 9.02. The molecule has 0 atom stereocenters. The molecule has 1 aromatic rings. The molecule has 0 unspecified atom stereocenters. The number of benzene rings is 1. The first-order valence-corrected chi connectivity index (χ1v) is 8.32. The molecular formula is C18H22N2O7. The molecule has 9 nitrogen and oxygen atoms in total. The van der Waals surface area contributed by atoms with E-state index in [1.807, 2.05) is 0 Å². The van der Waals surface area contributed by atoms with Crippen molar-refractivity contribution in [3.63, 3.8) is 0 Å². The van der Waals surface area contributed by atoms with E-state index in [2.05, 4.69) is 14.8 Å². The molecule has 0 heterocycles. The molecule has 1 fully saturated rings. The number of hydrogen-bond acceptors (Lipinski definition) is 7. The molecule has 1 aromatic carbocycles. The van der Waals surface area contributed by atoms with Crippen LogP contribution in [0.25, 0.3) is 0 Å². The van der Waals surface area contributed by atoms with Crippen LogP contribution in [0.2, 0.25) is 0 Å². The van der Waals surface area contributed by atoms with E-state index in [1.54, 1.807) is 0 Å². The average Bonchev–Trinajstić information content (AvgIpc) is 3.47. The zero-order valence-corrected chi connectivity index (χ0v) is 15.4. The summed E-state index contributed by atoms with van der Waals surface area (Å²) in [6, 6.07) is 4.23. The quantitative estimate of drug-likeness (QED) is 0.651. The van der Waals surface area contributed by atoms with Gasteiger partial charge in [0.25, 0.3) is 5.91 Å². The van der Waals surface area contributed by atoms with Crippen molar-refractivity contribution in [3.8, 4) is 5.75 Å². The van der Waals surface area contributed by atoms with Crippen LogP contribution in [0, 0.1) is 0 Å². The van der Waals surface area contributed by atoms with E-state index >= 15 is 0 Å². The first-order valence-electron chi connectivity index (χ1n) is 8.32. The summed E-state index contributed by atoms with van der Waals surface area (Å²) in [5.74, 6) is -1.85. The maximum absolute atomic E-state index is 12.1. The maximum Gasteiger partial charge on any atom is 0.338 e. The molecule has 0 radical (unpaired) electrons. The van der Waals surface area contributed by atoms with Gasteiger partial charge in [0, 0.05) is 13.1 Å². The minimum atomic E-state index is -0.661. The molecule has 0 bridgehead atoms. The number of amides is 2.